The largest absolute Gasteiger partial charge is 0.488 e. The number of anilines is 1. The summed E-state index contributed by atoms with van der Waals surface area (Å²) in [6.45, 7) is 4.86. The minimum absolute atomic E-state index is 0.00289. The topological polar surface area (TPSA) is 82.1 Å². The Balaban J connectivity index is 1.54. The molecule has 0 unspecified atom stereocenters. The summed E-state index contributed by atoms with van der Waals surface area (Å²) in [5.74, 6) is 0.291. The lowest BCUT2D eigenvalue weighted by molar-refractivity contribution is -0.137. The van der Waals surface area contributed by atoms with E-state index in [9.17, 15) is 27.9 Å². The van der Waals surface area contributed by atoms with Gasteiger partial charge in [-0.1, -0.05) is 38.3 Å². The van der Waals surface area contributed by atoms with Crippen LogP contribution in [0.25, 0.3) is 0 Å². The van der Waals surface area contributed by atoms with Gasteiger partial charge in [0.15, 0.2) is 0 Å². The second-order valence-electron chi connectivity index (χ2n) is 11.9. The summed E-state index contributed by atoms with van der Waals surface area (Å²) in [5.41, 5.74) is 1.33. The fourth-order valence-corrected chi connectivity index (χ4v) is 5.82. The van der Waals surface area contributed by atoms with Gasteiger partial charge in [0.05, 0.1) is 24.6 Å². The molecule has 3 atom stereocenters. The second-order valence-corrected chi connectivity index (χ2v) is 11.9. The highest BCUT2D eigenvalue weighted by Gasteiger charge is 2.32. The van der Waals surface area contributed by atoms with Crippen molar-refractivity contribution < 1.29 is 32.6 Å². The molecule has 2 aromatic carbocycles. The summed E-state index contributed by atoms with van der Waals surface area (Å²) in [5, 5.41) is 12.9. The minimum Gasteiger partial charge on any atom is -0.488 e. The smallest absolute Gasteiger partial charge is 0.416 e. The summed E-state index contributed by atoms with van der Waals surface area (Å²) in [6, 6.07) is 10.1. The van der Waals surface area contributed by atoms with E-state index in [4.69, 9.17) is 4.74 Å². The number of ether oxygens (including phenoxy) is 1. The van der Waals surface area contributed by atoms with Gasteiger partial charge in [-0.15, -0.1) is 0 Å². The lowest BCUT2D eigenvalue weighted by Gasteiger charge is -2.34. The molecule has 42 heavy (non-hydrogen) atoms. The molecule has 7 nitrogen and oxygen atoms in total. The first-order chi connectivity index (χ1) is 19.9. The first kappa shape index (κ1) is 31.8. The molecular weight excluding hydrogens is 547 g/mol. The molecule has 1 saturated carbocycles. The van der Waals surface area contributed by atoms with E-state index in [0.29, 0.717) is 36.6 Å². The Kier molecular flexibility index (Phi) is 10.5. The Hall–Kier alpha value is -3.11. The van der Waals surface area contributed by atoms with Gasteiger partial charge in [0.2, 0.25) is 11.8 Å². The van der Waals surface area contributed by atoms with Crippen LogP contribution in [0.5, 0.6) is 5.75 Å². The van der Waals surface area contributed by atoms with Gasteiger partial charge >= 0.3 is 6.18 Å². The number of carbonyl (C=O) groups excluding carboxylic acids is 2. The third kappa shape index (κ3) is 8.25. The van der Waals surface area contributed by atoms with Crippen molar-refractivity contribution in [3.05, 3.63) is 59.2 Å². The van der Waals surface area contributed by atoms with E-state index in [0.717, 1.165) is 49.8 Å². The zero-order valence-corrected chi connectivity index (χ0v) is 24.6. The number of carbonyl (C=O) groups is 2. The normalized spacial score (nSPS) is 21.1. The molecule has 0 bridgehead atoms. The summed E-state index contributed by atoms with van der Waals surface area (Å²) < 4.78 is 45.5. The molecule has 10 heteroatoms. The van der Waals surface area contributed by atoms with Crippen molar-refractivity contribution in [1.82, 2.24) is 9.80 Å². The third-order valence-electron chi connectivity index (χ3n) is 8.39. The number of halogens is 3. The molecule has 2 amide bonds. The molecule has 0 aromatic heterocycles. The number of hydrogen-bond acceptors (Lipinski definition) is 5. The van der Waals surface area contributed by atoms with E-state index < -0.39 is 11.7 Å². The molecule has 1 aliphatic carbocycles. The Bertz CT molecular complexity index is 1210. The highest BCUT2D eigenvalue weighted by Crippen LogP contribution is 2.32. The van der Waals surface area contributed by atoms with Crippen LogP contribution in [-0.4, -0.2) is 65.6 Å². The Labute approximate surface area is 246 Å². The summed E-state index contributed by atoms with van der Waals surface area (Å²) in [7, 11) is 1.88. The van der Waals surface area contributed by atoms with Crippen LogP contribution >= 0.6 is 0 Å². The van der Waals surface area contributed by atoms with Gasteiger partial charge in [-0.25, -0.2) is 0 Å². The van der Waals surface area contributed by atoms with E-state index in [1.54, 1.807) is 30.0 Å². The maximum atomic E-state index is 13.5. The van der Waals surface area contributed by atoms with Crippen LogP contribution in [0.15, 0.2) is 42.5 Å². The number of aliphatic hydroxyl groups is 1. The molecule has 4 rings (SSSR count). The molecule has 1 aliphatic heterocycles. The Morgan fingerprint density at radius 2 is 1.83 bits per heavy atom. The van der Waals surface area contributed by atoms with Crippen LogP contribution in [0.1, 0.15) is 62.6 Å². The Morgan fingerprint density at radius 1 is 1.14 bits per heavy atom. The molecular formula is C32H42F3N3O4. The van der Waals surface area contributed by atoms with E-state index in [1.165, 1.54) is 12.1 Å². The van der Waals surface area contributed by atoms with Gasteiger partial charge in [-0.2, -0.15) is 13.2 Å². The average molecular weight is 590 g/mol. The second kappa shape index (κ2) is 13.9. The number of hydrogen-bond donors (Lipinski definition) is 2. The third-order valence-corrected chi connectivity index (χ3v) is 8.39. The maximum absolute atomic E-state index is 13.5. The van der Waals surface area contributed by atoms with Crippen molar-refractivity contribution in [3.8, 4) is 5.75 Å². The van der Waals surface area contributed by atoms with Crippen molar-refractivity contribution in [3.63, 3.8) is 0 Å². The molecule has 1 fully saturated rings. The van der Waals surface area contributed by atoms with Gasteiger partial charge in [-0.3, -0.25) is 14.5 Å². The van der Waals surface area contributed by atoms with Crippen molar-refractivity contribution in [2.24, 2.45) is 11.8 Å². The van der Waals surface area contributed by atoms with Crippen LogP contribution < -0.4 is 10.1 Å². The van der Waals surface area contributed by atoms with Crippen LogP contribution in [0.2, 0.25) is 0 Å². The monoisotopic (exact) mass is 589 g/mol. The van der Waals surface area contributed by atoms with E-state index in [1.807, 2.05) is 18.9 Å². The van der Waals surface area contributed by atoms with Crippen LogP contribution in [0, 0.1) is 11.8 Å². The lowest BCUT2D eigenvalue weighted by Crippen LogP contribution is -2.47. The molecule has 0 saturated heterocycles. The molecule has 0 spiro atoms. The number of nitrogens with one attached hydrogen (secondary N) is 1. The highest BCUT2D eigenvalue weighted by molar-refractivity contribution is 5.93. The van der Waals surface area contributed by atoms with Gasteiger partial charge in [0.1, 0.15) is 11.9 Å². The van der Waals surface area contributed by atoms with Crippen molar-refractivity contribution >= 4 is 17.5 Å². The number of fused-ring (bicyclic) bond motifs is 1. The zero-order chi connectivity index (χ0) is 30.4. The number of aliphatic hydroxyl groups excluding tert-OH is 1. The fourth-order valence-electron chi connectivity index (χ4n) is 5.82. The number of likely N-dealkylation sites (N-methyl/N-ethyl adjacent to an activating group) is 1. The molecule has 1 heterocycles. The molecule has 2 N–H and O–H groups in total. The number of nitrogens with zero attached hydrogens (tertiary/aromatic N) is 2. The zero-order valence-electron chi connectivity index (χ0n) is 24.6. The SMILES string of the molecule is C[C@H](CO)N1C[C@H](C)[C@@H](CN(C)Cc2ccc(C(F)(F)F)cc2)Oc2ccc(NC(=O)C3CCCCC3)cc2CC1=O. The molecule has 2 aromatic rings. The van der Waals surface area contributed by atoms with Crippen LogP contribution in [-0.2, 0) is 28.7 Å². The van der Waals surface area contributed by atoms with Gasteiger partial charge < -0.3 is 20.1 Å². The quantitative estimate of drug-likeness (QED) is 0.425. The number of amides is 2. The average Bonchev–Trinajstić information content (AvgIpc) is 3.00. The predicted octanol–water partition coefficient (Wildman–Crippen LogP) is 5.51. The minimum atomic E-state index is -4.38. The standard InChI is InChI=1S/C32H42F3N3O4/c1-21-17-38(22(2)20-39)30(40)16-25-15-27(36-31(41)24-7-5-4-6-8-24)13-14-28(25)42-29(21)19-37(3)18-23-9-11-26(12-10-23)32(33,34)35/h9-15,21-22,24,29,39H,4-8,16-20H2,1-3H3,(H,36,41)/t21-,22+,29+/m0/s1. The first-order valence-corrected chi connectivity index (χ1v) is 14.8. The molecule has 0 radical (unpaired) electrons. The van der Waals surface area contributed by atoms with E-state index >= 15 is 0 Å². The fraction of sp³-hybridized carbons (Fsp3) is 0.562. The number of rotatable bonds is 8. The number of benzene rings is 2. The van der Waals surface area contributed by atoms with E-state index in [2.05, 4.69) is 5.32 Å². The summed E-state index contributed by atoms with van der Waals surface area (Å²) in [4.78, 5) is 30.0. The van der Waals surface area contributed by atoms with Gasteiger partial charge in [0.25, 0.3) is 0 Å². The summed E-state index contributed by atoms with van der Waals surface area (Å²) in [6.07, 6.45) is 0.346. The molecule has 230 valence electrons. The van der Waals surface area contributed by atoms with Gasteiger partial charge in [0, 0.05) is 42.7 Å². The highest BCUT2D eigenvalue weighted by atomic mass is 19.4. The van der Waals surface area contributed by atoms with Crippen molar-refractivity contribution in [2.45, 2.75) is 77.2 Å². The van der Waals surface area contributed by atoms with Crippen LogP contribution in [0.4, 0.5) is 18.9 Å². The van der Waals surface area contributed by atoms with Crippen molar-refractivity contribution in [1.29, 1.82) is 0 Å². The first-order valence-electron chi connectivity index (χ1n) is 14.8. The predicted molar refractivity (Wildman–Crippen MR) is 155 cm³/mol. The molecule has 2 aliphatic rings. The number of alkyl halides is 3. The van der Waals surface area contributed by atoms with Gasteiger partial charge in [-0.05, 0) is 62.7 Å². The Morgan fingerprint density at radius 3 is 2.48 bits per heavy atom. The van der Waals surface area contributed by atoms with Crippen LogP contribution in [0.3, 0.4) is 0 Å². The lowest BCUT2D eigenvalue weighted by atomic mass is 9.88. The van der Waals surface area contributed by atoms with Crippen molar-refractivity contribution in [2.75, 3.05) is 32.1 Å². The van der Waals surface area contributed by atoms with E-state index in [-0.39, 0.29) is 48.8 Å². The summed E-state index contributed by atoms with van der Waals surface area (Å²) >= 11 is 0. The maximum Gasteiger partial charge on any atom is 0.416 e.